The highest BCUT2D eigenvalue weighted by molar-refractivity contribution is 5.47. The van der Waals surface area contributed by atoms with Gasteiger partial charge in [-0.15, -0.1) is 0 Å². The van der Waals surface area contributed by atoms with Gasteiger partial charge in [-0.1, -0.05) is 12.5 Å². The predicted molar refractivity (Wildman–Crippen MR) is 77.4 cm³/mol. The number of aryl methyl sites for hydroxylation is 1. The summed E-state index contributed by atoms with van der Waals surface area (Å²) in [5.41, 5.74) is 6.40. The summed E-state index contributed by atoms with van der Waals surface area (Å²) >= 11 is 0. The van der Waals surface area contributed by atoms with E-state index in [-0.39, 0.29) is 0 Å². The Labute approximate surface area is 110 Å². The molecule has 0 radical (unpaired) electrons. The Kier molecular flexibility index (Phi) is 3.01. The van der Waals surface area contributed by atoms with Gasteiger partial charge in [0.2, 0.25) is 5.36 Å². The van der Waals surface area contributed by atoms with Crippen molar-refractivity contribution in [1.29, 1.82) is 0 Å². The van der Waals surface area contributed by atoms with Crippen LogP contribution in [0.15, 0.2) is 6.07 Å². The van der Waals surface area contributed by atoms with E-state index in [1.807, 2.05) is 0 Å². The molecule has 18 heavy (non-hydrogen) atoms. The molecule has 0 aromatic heterocycles. The molecule has 1 nitrogen and oxygen atoms in total. The first-order valence-electron chi connectivity index (χ1n) is 7.45. The molecule has 96 valence electrons. The Morgan fingerprint density at radius 2 is 1.89 bits per heavy atom. The van der Waals surface area contributed by atoms with E-state index in [1.54, 1.807) is 22.0 Å². The van der Waals surface area contributed by atoms with E-state index in [1.165, 1.54) is 56.0 Å². The second-order valence-corrected chi connectivity index (χ2v) is 5.94. The predicted octanol–water partition coefficient (Wildman–Crippen LogP) is 1.82. The minimum atomic E-state index is 1.18. The molecule has 1 aromatic carbocycles. The molecule has 1 aromatic rings. The number of benzene rings is 1. The minimum Gasteiger partial charge on any atom is -0.229 e. The van der Waals surface area contributed by atoms with Crippen molar-refractivity contribution in [3.8, 4) is 0 Å². The third-order valence-electron chi connectivity index (χ3n) is 4.54. The first-order valence-corrected chi connectivity index (χ1v) is 7.45. The van der Waals surface area contributed by atoms with Gasteiger partial charge in [-0.25, -0.2) is 4.58 Å². The van der Waals surface area contributed by atoms with Gasteiger partial charge >= 0.3 is 0 Å². The largest absolute Gasteiger partial charge is 0.229 e. The lowest BCUT2D eigenvalue weighted by Gasteiger charge is -2.21. The van der Waals surface area contributed by atoms with Crippen molar-refractivity contribution in [3.05, 3.63) is 33.3 Å². The Morgan fingerprint density at radius 3 is 2.56 bits per heavy atom. The van der Waals surface area contributed by atoms with Crippen LogP contribution in [0.4, 0.5) is 0 Å². The fourth-order valence-electron chi connectivity index (χ4n) is 3.78. The highest BCUT2D eigenvalue weighted by atomic mass is 15.0. The van der Waals surface area contributed by atoms with Crippen LogP contribution in [-0.2, 0) is 19.3 Å². The number of hydrogen-bond acceptors (Lipinski definition) is 0. The molecular formula is C17H24N+. The number of hydrogen-bond donors (Lipinski definition) is 0. The third-order valence-corrected chi connectivity index (χ3v) is 4.54. The van der Waals surface area contributed by atoms with Gasteiger partial charge in [-0.05, 0) is 50.0 Å². The summed E-state index contributed by atoms with van der Waals surface area (Å²) in [4.78, 5) is 0. The van der Waals surface area contributed by atoms with Crippen molar-refractivity contribution in [2.24, 2.45) is 0 Å². The average molecular weight is 242 g/mol. The van der Waals surface area contributed by atoms with Crippen LogP contribution < -0.4 is 15.2 Å². The van der Waals surface area contributed by atoms with E-state index in [9.17, 15) is 0 Å². The van der Waals surface area contributed by atoms with Gasteiger partial charge in [0, 0.05) is 24.0 Å². The van der Waals surface area contributed by atoms with Gasteiger partial charge in [-0.3, -0.25) is 0 Å². The van der Waals surface area contributed by atoms with Gasteiger partial charge in [0.25, 0.3) is 0 Å². The summed E-state index contributed by atoms with van der Waals surface area (Å²) in [6.07, 6.45) is 6.43. The molecule has 0 N–H and O–H groups in total. The summed E-state index contributed by atoms with van der Waals surface area (Å²) < 4.78 is 2.64. The molecule has 0 unspecified atom stereocenters. The van der Waals surface area contributed by atoms with E-state index in [2.05, 4.69) is 31.4 Å². The molecule has 0 fully saturated rings. The van der Waals surface area contributed by atoms with Crippen LogP contribution in [-0.4, -0.2) is 13.1 Å². The maximum atomic E-state index is 2.64. The second kappa shape index (κ2) is 4.53. The monoisotopic (exact) mass is 242 g/mol. The van der Waals surface area contributed by atoms with Crippen molar-refractivity contribution in [3.63, 3.8) is 0 Å². The summed E-state index contributed by atoms with van der Waals surface area (Å²) in [7, 11) is 0. The van der Waals surface area contributed by atoms with Crippen LogP contribution in [0, 0.1) is 0 Å². The lowest BCUT2D eigenvalue weighted by Crippen LogP contribution is -2.45. The van der Waals surface area contributed by atoms with Crippen molar-refractivity contribution < 1.29 is 0 Å². The van der Waals surface area contributed by atoms with Gasteiger partial charge in [0.15, 0.2) is 0 Å². The van der Waals surface area contributed by atoms with E-state index < -0.39 is 0 Å². The van der Waals surface area contributed by atoms with Crippen LogP contribution in [0.2, 0.25) is 0 Å². The van der Waals surface area contributed by atoms with Crippen LogP contribution in [0.1, 0.15) is 50.3 Å². The summed E-state index contributed by atoms with van der Waals surface area (Å²) in [6, 6.07) is 2.49. The second-order valence-electron chi connectivity index (χ2n) is 5.94. The fraction of sp³-hybridized carbons (Fsp3) is 0.588. The average Bonchev–Trinajstić information content (AvgIpc) is 2.39. The summed E-state index contributed by atoms with van der Waals surface area (Å²) in [5.74, 6) is 0. The van der Waals surface area contributed by atoms with Crippen LogP contribution in [0.25, 0.3) is 5.57 Å². The zero-order valence-electron chi connectivity index (χ0n) is 12.0. The molecular weight excluding hydrogens is 218 g/mol. The topological polar surface area (TPSA) is 3.01 Å². The molecule has 0 aliphatic carbocycles. The third kappa shape index (κ3) is 1.72. The molecule has 0 bridgehead atoms. The SMILES string of the molecule is CCc1c2c3c(cc1=C(C)C)CCC[N+]=3CCC2. The van der Waals surface area contributed by atoms with Gasteiger partial charge in [-0.2, -0.15) is 0 Å². The van der Waals surface area contributed by atoms with Gasteiger partial charge < -0.3 is 0 Å². The van der Waals surface area contributed by atoms with Crippen molar-refractivity contribution >= 4 is 5.57 Å². The minimum absolute atomic E-state index is 1.18. The number of rotatable bonds is 1. The highest BCUT2D eigenvalue weighted by Crippen LogP contribution is 2.13. The van der Waals surface area contributed by atoms with Gasteiger partial charge in [0.1, 0.15) is 13.1 Å². The highest BCUT2D eigenvalue weighted by Gasteiger charge is 2.25. The van der Waals surface area contributed by atoms with Crippen LogP contribution in [0.3, 0.4) is 0 Å². The summed E-state index contributed by atoms with van der Waals surface area (Å²) in [5, 5.41) is 3.16. The standard InChI is InChI=1S/C17H24N/c1-4-14-15-8-6-10-18-9-5-7-13(17(15)18)11-16(14)12(2)3/h11H,4-10H2,1-3H3/q+1. The van der Waals surface area contributed by atoms with E-state index in [0.717, 1.165) is 0 Å². The van der Waals surface area contributed by atoms with E-state index >= 15 is 0 Å². The van der Waals surface area contributed by atoms with Crippen molar-refractivity contribution in [2.75, 3.05) is 13.1 Å². The Balaban J connectivity index is 2.47. The molecule has 2 heterocycles. The molecule has 0 amide bonds. The molecule has 0 spiro atoms. The Morgan fingerprint density at radius 1 is 1.17 bits per heavy atom. The van der Waals surface area contributed by atoms with Crippen molar-refractivity contribution in [2.45, 2.75) is 52.9 Å². The van der Waals surface area contributed by atoms with Crippen molar-refractivity contribution in [1.82, 2.24) is 4.58 Å². The molecule has 3 rings (SSSR count). The molecule has 1 heteroatoms. The lowest BCUT2D eigenvalue weighted by molar-refractivity contribution is 0.478. The maximum absolute atomic E-state index is 2.64. The molecule has 2 aliphatic rings. The van der Waals surface area contributed by atoms with E-state index in [4.69, 9.17) is 0 Å². The van der Waals surface area contributed by atoms with Gasteiger partial charge in [0.05, 0.1) is 0 Å². The summed E-state index contributed by atoms with van der Waals surface area (Å²) in [6.45, 7) is 9.38. The Hall–Kier alpha value is -1.11. The van der Waals surface area contributed by atoms with Crippen LogP contribution in [0.5, 0.6) is 0 Å². The van der Waals surface area contributed by atoms with E-state index in [0.29, 0.717) is 0 Å². The maximum Gasteiger partial charge on any atom is 0.206 e. The van der Waals surface area contributed by atoms with Crippen LogP contribution >= 0.6 is 0 Å². The molecule has 0 saturated carbocycles. The first-order chi connectivity index (χ1) is 8.72. The molecule has 0 saturated heterocycles. The smallest absolute Gasteiger partial charge is 0.206 e. The normalized spacial score (nSPS) is 17.6. The first kappa shape index (κ1) is 12.0. The number of nitrogens with zero attached hydrogens (tertiary/aromatic N) is 1. The quantitative estimate of drug-likeness (QED) is 0.661. The lowest BCUT2D eigenvalue weighted by atomic mass is 9.89. The molecule has 2 aliphatic heterocycles. The zero-order chi connectivity index (χ0) is 12.7. The fourth-order valence-corrected chi connectivity index (χ4v) is 3.78. The molecule has 0 atom stereocenters. The zero-order valence-corrected chi connectivity index (χ0v) is 12.0. The Bertz CT molecular complexity index is 599.